The summed E-state index contributed by atoms with van der Waals surface area (Å²) in [6, 6.07) is 9.60. The maximum absolute atomic E-state index is 12.5. The summed E-state index contributed by atoms with van der Waals surface area (Å²) >= 11 is 0. The Morgan fingerprint density at radius 1 is 1.24 bits per heavy atom. The molecule has 2 rings (SSSR count). The fourth-order valence-corrected chi connectivity index (χ4v) is 3.20. The van der Waals surface area contributed by atoms with Crippen LogP contribution in [0.5, 0.6) is 0 Å². The van der Waals surface area contributed by atoms with Crippen molar-refractivity contribution in [3.8, 4) is 0 Å². The molecule has 25 heavy (non-hydrogen) atoms. The molecular formula is C20H30N2O3. The Labute approximate surface area is 150 Å². The molecule has 1 saturated heterocycles. The maximum atomic E-state index is 12.5. The minimum absolute atomic E-state index is 0.0137. The van der Waals surface area contributed by atoms with Crippen LogP contribution in [0.15, 0.2) is 30.3 Å². The number of nitrogens with one attached hydrogen (secondary N) is 1. The Morgan fingerprint density at radius 3 is 2.44 bits per heavy atom. The Morgan fingerprint density at radius 2 is 1.88 bits per heavy atom. The van der Waals surface area contributed by atoms with Crippen molar-refractivity contribution in [2.45, 2.75) is 71.7 Å². The van der Waals surface area contributed by atoms with Crippen molar-refractivity contribution in [3.63, 3.8) is 0 Å². The molecule has 1 N–H and O–H groups in total. The van der Waals surface area contributed by atoms with Crippen LogP contribution < -0.4 is 5.32 Å². The average molecular weight is 346 g/mol. The van der Waals surface area contributed by atoms with Gasteiger partial charge in [0.2, 0.25) is 0 Å². The summed E-state index contributed by atoms with van der Waals surface area (Å²) in [5.41, 5.74) is 0.570. The number of hydrogen-bond acceptors (Lipinski definition) is 3. The molecule has 0 saturated carbocycles. The minimum Gasteiger partial charge on any atom is -0.460 e. The summed E-state index contributed by atoms with van der Waals surface area (Å²) in [4.78, 5) is 26.6. The summed E-state index contributed by atoms with van der Waals surface area (Å²) in [6.07, 6.45) is 1.05. The third-order valence-corrected chi connectivity index (χ3v) is 4.15. The second kappa shape index (κ2) is 7.89. The topological polar surface area (TPSA) is 58.6 Å². The lowest BCUT2D eigenvalue weighted by molar-refractivity contribution is -0.155. The van der Waals surface area contributed by atoms with E-state index in [2.05, 4.69) is 19.2 Å². The van der Waals surface area contributed by atoms with Crippen LogP contribution >= 0.6 is 0 Å². The summed E-state index contributed by atoms with van der Waals surface area (Å²) in [5.74, 6) is 0.158. The molecule has 2 atom stereocenters. The second-order valence-corrected chi connectivity index (χ2v) is 8.16. The Bertz CT molecular complexity index is 593. The van der Waals surface area contributed by atoms with Crippen LogP contribution in [0.3, 0.4) is 0 Å². The molecule has 0 unspecified atom stereocenters. The highest BCUT2D eigenvalue weighted by Crippen LogP contribution is 2.25. The molecule has 1 aromatic rings. The number of urea groups is 1. The zero-order chi connectivity index (χ0) is 18.6. The SMILES string of the molecule is CC(C)C[C@H]1[C@H](CC(=O)OC(C)(C)C)NC(=O)N1Cc1ccccc1. The molecule has 0 bridgehead atoms. The van der Waals surface area contributed by atoms with E-state index in [1.807, 2.05) is 56.0 Å². The van der Waals surface area contributed by atoms with Gasteiger partial charge in [-0.05, 0) is 38.7 Å². The van der Waals surface area contributed by atoms with Gasteiger partial charge in [0.1, 0.15) is 5.60 Å². The van der Waals surface area contributed by atoms with Crippen molar-refractivity contribution < 1.29 is 14.3 Å². The summed E-state index contributed by atoms with van der Waals surface area (Å²) in [6.45, 7) is 10.4. The van der Waals surface area contributed by atoms with Gasteiger partial charge in [0.05, 0.1) is 18.5 Å². The Hall–Kier alpha value is -2.04. The molecule has 1 heterocycles. The van der Waals surface area contributed by atoms with Gasteiger partial charge in [0.25, 0.3) is 0 Å². The third-order valence-electron chi connectivity index (χ3n) is 4.15. The van der Waals surface area contributed by atoms with Crippen molar-refractivity contribution in [1.29, 1.82) is 0 Å². The van der Waals surface area contributed by atoms with Crippen molar-refractivity contribution in [2.24, 2.45) is 5.92 Å². The Balaban J connectivity index is 2.11. The lowest BCUT2D eigenvalue weighted by Crippen LogP contribution is -2.39. The van der Waals surface area contributed by atoms with Crippen LogP contribution in [0.1, 0.15) is 53.0 Å². The van der Waals surface area contributed by atoms with E-state index < -0.39 is 5.60 Å². The van der Waals surface area contributed by atoms with Gasteiger partial charge in [-0.25, -0.2) is 4.79 Å². The van der Waals surface area contributed by atoms with E-state index >= 15 is 0 Å². The number of carbonyl (C=O) groups is 2. The second-order valence-electron chi connectivity index (χ2n) is 8.16. The molecule has 0 spiro atoms. The van der Waals surface area contributed by atoms with Gasteiger partial charge in [0, 0.05) is 6.54 Å². The highest BCUT2D eigenvalue weighted by molar-refractivity contribution is 5.80. The number of carbonyl (C=O) groups excluding carboxylic acids is 2. The van der Waals surface area contributed by atoms with Crippen LogP contribution in [0.25, 0.3) is 0 Å². The summed E-state index contributed by atoms with van der Waals surface area (Å²) in [5, 5.41) is 2.98. The lowest BCUT2D eigenvalue weighted by Gasteiger charge is -2.28. The molecule has 1 aromatic carbocycles. The van der Waals surface area contributed by atoms with Crippen LogP contribution in [0.4, 0.5) is 4.79 Å². The highest BCUT2D eigenvalue weighted by atomic mass is 16.6. The molecule has 5 nitrogen and oxygen atoms in total. The standard InChI is InChI=1S/C20H30N2O3/c1-14(2)11-17-16(12-18(23)25-20(3,4)5)21-19(24)22(17)13-15-9-7-6-8-10-15/h6-10,14,16-17H,11-13H2,1-5H3,(H,21,24)/t16-,17-/m0/s1. The molecule has 138 valence electrons. The molecule has 5 heteroatoms. The first kappa shape index (κ1) is 19.3. The van der Waals surface area contributed by atoms with E-state index in [4.69, 9.17) is 4.74 Å². The van der Waals surface area contributed by atoms with Gasteiger partial charge < -0.3 is 15.0 Å². The number of rotatable bonds is 6. The number of amides is 2. The minimum atomic E-state index is -0.517. The van der Waals surface area contributed by atoms with Crippen molar-refractivity contribution >= 4 is 12.0 Å². The lowest BCUT2D eigenvalue weighted by atomic mass is 9.95. The summed E-state index contributed by atoms with van der Waals surface area (Å²) in [7, 11) is 0. The predicted octanol–water partition coefficient (Wildman–Crippen LogP) is 3.73. The number of benzene rings is 1. The molecule has 2 amide bonds. The van der Waals surface area contributed by atoms with Crippen molar-refractivity contribution in [2.75, 3.05) is 0 Å². The molecule has 1 fully saturated rings. The van der Waals surface area contributed by atoms with E-state index in [-0.39, 0.29) is 30.5 Å². The fourth-order valence-electron chi connectivity index (χ4n) is 3.20. The van der Waals surface area contributed by atoms with E-state index in [1.54, 1.807) is 0 Å². The first-order chi connectivity index (χ1) is 11.7. The first-order valence-electron chi connectivity index (χ1n) is 8.98. The predicted molar refractivity (Wildman–Crippen MR) is 98.0 cm³/mol. The number of nitrogens with zero attached hydrogens (tertiary/aromatic N) is 1. The van der Waals surface area contributed by atoms with Crippen LogP contribution in [-0.2, 0) is 16.1 Å². The molecule has 1 aliphatic heterocycles. The zero-order valence-electron chi connectivity index (χ0n) is 15.9. The third kappa shape index (κ3) is 5.76. The van der Waals surface area contributed by atoms with Crippen LogP contribution in [0, 0.1) is 5.92 Å². The molecular weight excluding hydrogens is 316 g/mol. The smallest absolute Gasteiger partial charge is 0.318 e. The molecule has 0 radical (unpaired) electrons. The number of esters is 1. The van der Waals surface area contributed by atoms with Gasteiger partial charge in [-0.15, -0.1) is 0 Å². The number of hydrogen-bond donors (Lipinski definition) is 1. The zero-order valence-corrected chi connectivity index (χ0v) is 15.9. The molecule has 0 aromatic heterocycles. The van der Waals surface area contributed by atoms with E-state index in [1.165, 1.54) is 0 Å². The first-order valence-corrected chi connectivity index (χ1v) is 8.98. The van der Waals surface area contributed by atoms with Gasteiger partial charge in [-0.2, -0.15) is 0 Å². The van der Waals surface area contributed by atoms with E-state index in [0.717, 1.165) is 12.0 Å². The quantitative estimate of drug-likeness (QED) is 0.799. The maximum Gasteiger partial charge on any atom is 0.318 e. The van der Waals surface area contributed by atoms with Crippen molar-refractivity contribution in [3.05, 3.63) is 35.9 Å². The molecule has 0 aliphatic carbocycles. The number of ether oxygens (including phenoxy) is 1. The van der Waals surface area contributed by atoms with E-state index in [0.29, 0.717) is 12.5 Å². The van der Waals surface area contributed by atoms with Gasteiger partial charge in [-0.3, -0.25) is 4.79 Å². The van der Waals surface area contributed by atoms with Crippen molar-refractivity contribution in [1.82, 2.24) is 10.2 Å². The van der Waals surface area contributed by atoms with Crippen LogP contribution in [-0.4, -0.2) is 34.6 Å². The Kier molecular flexibility index (Phi) is 6.09. The van der Waals surface area contributed by atoms with Gasteiger partial charge in [-0.1, -0.05) is 44.2 Å². The van der Waals surface area contributed by atoms with E-state index in [9.17, 15) is 9.59 Å². The van der Waals surface area contributed by atoms with Crippen LogP contribution in [0.2, 0.25) is 0 Å². The highest BCUT2D eigenvalue weighted by Gasteiger charge is 2.40. The van der Waals surface area contributed by atoms with Gasteiger partial charge in [0.15, 0.2) is 0 Å². The largest absolute Gasteiger partial charge is 0.460 e. The molecule has 1 aliphatic rings. The fraction of sp³-hybridized carbons (Fsp3) is 0.600. The normalized spacial score (nSPS) is 20.7. The van der Waals surface area contributed by atoms with Gasteiger partial charge >= 0.3 is 12.0 Å². The monoisotopic (exact) mass is 346 g/mol. The average Bonchev–Trinajstić information content (AvgIpc) is 2.74. The summed E-state index contributed by atoms with van der Waals surface area (Å²) < 4.78 is 5.43.